The van der Waals surface area contributed by atoms with Gasteiger partial charge in [0.15, 0.2) is 0 Å². The number of hydrogen-bond acceptors (Lipinski definition) is 4. The van der Waals surface area contributed by atoms with E-state index in [1.165, 1.54) is 0 Å². The summed E-state index contributed by atoms with van der Waals surface area (Å²) < 4.78 is 10.7. The summed E-state index contributed by atoms with van der Waals surface area (Å²) in [6, 6.07) is 7.36. The van der Waals surface area contributed by atoms with Crippen LogP contribution in [0.25, 0.3) is 0 Å². The first-order valence-corrected chi connectivity index (χ1v) is 7.07. The molecule has 0 aliphatic carbocycles. The van der Waals surface area contributed by atoms with Gasteiger partial charge >= 0.3 is 0 Å². The highest BCUT2D eigenvalue weighted by molar-refractivity contribution is 5.92. The summed E-state index contributed by atoms with van der Waals surface area (Å²) in [6.45, 7) is 6.93. The maximum Gasteiger partial charge on any atom is 0.238 e. The van der Waals surface area contributed by atoms with Gasteiger partial charge in [-0.15, -0.1) is 0 Å². The molecule has 0 fully saturated rings. The predicted octanol–water partition coefficient (Wildman–Crippen LogP) is 2.04. The van der Waals surface area contributed by atoms with Gasteiger partial charge < -0.3 is 20.1 Å². The van der Waals surface area contributed by atoms with E-state index in [1.54, 1.807) is 0 Å². The Hall–Kier alpha value is -1.59. The van der Waals surface area contributed by atoms with Gasteiger partial charge in [-0.1, -0.05) is 13.0 Å². The van der Waals surface area contributed by atoms with Crippen LogP contribution in [0.4, 0.5) is 5.69 Å². The third kappa shape index (κ3) is 7.11. The monoisotopic (exact) mass is 280 g/mol. The van der Waals surface area contributed by atoms with E-state index in [4.69, 9.17) is 9.47 Å². The quantitative estimate of drug-likeness (QED) is 0.644. The van der Waals surface area contributed by atoms with Crippen molar-refractivity contribution in [3.8, 4) is 5.75 Å². The zero-order valence-corrected chi connectivity index (χ0v) is 12.3. The van der Waals surface area contributed by atoms with E-state index in [1.807, 2.05) is 31.2 Å². The van der Waals surface area contributed by atoms with Crippen molar-refractivity contribution in [2.24, 2.45) is 0 Å². The van der Waals surface area contributed by atoms with Crippen molar-refractivity contribution >= 4 is 11.6 Å². The predicted molar refractivity (Wildman–Crippen MR) is 80.2 cm³/mol. The van der Waals surface area contributed by atoms with Crippen molar-refractivity contribution in [3.63, 3.8) is 0 Å². The van der Waals surface area contributed by atoms with E-state index < -0.39 is 0 Å². The molecule has 0 heterocycles. The Morgan fingerprint density at radius 1 is 1.25 bits per heavy atom. The molecule has 1 amide bonds. The molecule has 0 aromatic heterocycles. The summed E-state index contributed by atoms with van der Waals surface area (Å²) in [5.74, 6) is 0.675. The Morgan fingerprint density at radius 3 is 2.85 bits per heavy atom. The molecule has 0 radical (unpaired) electrons. The first-order valence-electron chi connectivity index (χ1n) is 7.07. The lowest BCUT2D eigenvalue weighted by Gasteiger charge is -2.09. The number of carbonyl (C=O) groups excluding carboxylic acids is 1. The lowest BCUT2D eigenvalue weighted by atomic mass is 10.3. The lowest BCUT2D eigenvalue weighted by molar-refractivity contribution is -0.115. The van der Waals surface area contributed by atoms with Crippen LogP contribution < -0.4 is 15.4 Å². The van der Waals surface area contributed by atoms with Crippen molar-refractivity contribution in [2.75, 3.05) is 38.2 Å². The summed E-state index contributed by atoms with van der Waals surface area (Å²) in [7, 11) is 0. The van der Waals surface area contributed by atoms with Crippen molar-refractivity contribution < 1.29 is 14.3 Å². The molecule has 0 unspecified atom stereocenters. The number of nitrogens with one attached hydrogen (secondary N) is 2. The summed E-state index contributed by atoms with van der Waals surface area (Å²) in [6.07, 6.45) is 1.01. The molecule has 1 aromatic rings. The average Bonchev–Trinajstić information content (AvgIpc) is 2.44. The van der Waals surface area contributed by atoms with Crippen LogP contribution in [0.15, 0.2) is 24.3 Å². The SMILES string of the molecule is CCCNCC(=O)Nc1cccc(OCCOCC)c1. The van der Waals surface area contributed by atoms with Crippen LogP contribution >= 0.6 is 0 Å². The van der Waals surface area contributed by atoms with Crippen molar-refractivity contribution in [3.05, 3.63) is 24.3 Å². The molecule has 0 aliphatic rings. The van der Waals surface area contributed by atoms with Gasteiger partial charge in [-0.3, -0.25) is 4.79 Å². The summed E-state index contributed by atoms with van der Waals surface area (Å²) >= 11 is 0. The minimum absolute atomic E-state index is 0.0510. The zero-order chi connectivity index (χ0) is 14.6. The summed E-state index contributed by atoms with van der Waals surface area (Å²) in [5, 5.41) is 5.89. The Kier molecular flexibility index (Phi) is 8.42. The number of rotatable bonds is 10. The molecule has 5 nitrogen and oxygen atoms in total. The van der Waals surface area contributed by atoms with Crippen LogP contribution in [-0.2, 0) is 9.53 Å². The smallest absolute Gasteiger partial charge is 0.238 e. The van der Waals surface area contributed by atoms with Gasteiger partial charge in [0, 0.05) is 18.4 Å². The zero-order valence-electron chi connectivity index (χ0n) is 12.3. The maximum atomic E-state index is 11.7. The van der Waals surface area contributed by atoms with Gasteiger partial charge in [0.2, 0.25) is 5.91 Å². The second-order valence-corrected chi connectivity index (χ2v) is 4.30. The van der Waals surface area contributed by atoms with Gasteiger partial charge in [0.1, 0.15) is 12.4 Å². The minimum Gasteiger partial charge on any atom is -0.491 e. The van der Waals surface area contributed by atoms with Crippen LogP contribution in [0.3, 0.4) is 0 Å². The average molecular weight is 280 g/mol. The molecule has 0 saturated heterocycles. The fourth-order valence-electron chi connectivity index (χ4n) is 1.61. The van der Waals surface area contributed by atoms with Crippen molar-refractivity contribution in [2.45, 2.75) is 20.3 Å². The van der Waals surface area contributed by atoms with Gasteiger partial charge in [-0.25, -0.2) is 0 Å². The second-order valence-electron chi connectivity index (χ2n) is 4.30. The van der Waals surface area contributed by atoms with Crippen LogP contribution in [0.1, 0.15) is 20.3 Å². The molecule has 5 heteroatoms. The van der Waals surface area contributed by atoms with Crippen LogP contribution in [-0.4, -0.2) is 38.8 Å². The van der Waals surface area contributed by atoms with Crippen LogP contribution in [0, 0.1) is 0 Å². The fourth-order valence-corrected chi connectivity index (χ4v) is 1.61. The molecular weight excluding hydrogens is 256 g/mol. The molecule has 112 valence electrons. The van der Waals surface area contributed by atoms with Gasteiger partial charge in [-0.05, 0) is 32.0 Å². The van der Waals surface area contributed by atoms with Gasteiger partial charge in [0.25, 0.3) is 0 Å². The Bertz CT molecular complexity index is 396. The first kappa shape index (κ1) is 16.5. The molecule has 0 spiro atoms. The highest BCUT2D eigenvalue weighted by Crippen LogP contribution is 2.17. The molecule has 20 heavy (non-hydrogen) atoms. The number of carbonyl (C=O) groups is 1. The standard InChI is InChI=1S/C15H24N2O3/c1-3-8-16-12-15(18)17-13-6-5-7-14(11-13)20-10-9-19-4-2/h5-7,11,16H,3-4,8-10,12H2,1-2H3,(H,17,18). The third-order valence-electron chi connectivity index (χ3n) is 2.53. The molecule has 1 aromatic carbocycles. The van der Waals surface area contributed by atoms with Gasteiger partial charge in [-0.2, -0.15) is 0 Å². The molecule has 1 rings (SSSR count). The number of ether oxygens (including phenoxy) is 2. The maximum absolute atomic E-state index is 11.7. The highest BCUT2D eigenvalue weighted by atomic mass is 16.5. The van der Waals surface area contributed by atoms with Crippen LogP contribution in [0.2, 0.25) is 0 Å². The number of benzene rings is 1. The fraction of sp³-hybridized carbons (Fsp3) is 0.533. The lowest BCUT2D eigenvalue weighted by Crippen LogP contribution is -2.28. The van der Waals surface area contributed by atoms with Gasteiger partial charge in [0.05, 0.1) is 13.2 Å². The van der Waals surface area contributed by atoms with Crippen molar-refractivity contribution in [1.29, 1.82) is 0 Å². The van der Waals surface area contributed by atoms with Crippen molar-refractivity contribution in [1.82, 2.24) is 5.32 Å². The highest BCUT2D eigenvalue weighted by Gasteiger charge is 2.02. The number of amides is 1. The molecule has 0 aliphatic heterocycles. The summed E-state index contributed by atoms with van der Waals surface area (Å²) in [5.41, 5.74) is 0.738. The normalized spacial score (nSPS) is 10.3. The molecule has 0 atom stereocenters. The van der Waals surface area contributed by atoms with E-state index in [-0.39, 0.29) is 5.91 Å². The van der Waals surface area contributed by atoms with E-state index in [9.17, 15) is 4.79 Å². The molecule has 2 N–H and O–H groups in total. The first-order chi connectivity index (χ1) is 9.76. The van der Waals surface area contributed by atoms with E-state index >= 15 is 0 Å². The number of anilines is 1. The Balaban J connectivity index is 2.36. The molecular formula is C15H24N2O3. The summed E-state index contributed by atoms with van der Waals surface area (Å²) in [4.78, 5) is 11.7. The Labute approximate surface area is 120 Å². The second kappa shape index (κ2) is 10.2. The number of hydrogen-bond donors (Lipinski definition) is 2. The topological polar surface area (TPSA) is 59.6 Å². The largest absolute Gasteiger partial charge is 0.491 e. The molecule has 0 saturated carbocycles. The third-order valence-corrected chi connectivity index (χ3v) is 2.53. The van der Waals surface area contributed by atoms with E-state index in [0.29, 0.717) is 26.4 Å². The Morgan fingerprint density at radius 2 is 2.10 bits per heavy atom. The van der Waals surface area contributed by atoms with E-state index in [2.05, 4.69) is 17.6 Å². The molecule has 0 bridgehead atoms. The minimum atomic E-state index is -0.0510. The van der Waals surface area contributed by atoms with Crippen LogP contribution in [0.5, 0.6) is 5.75 Å². The van der Waals surface area contributed by atoms with E-state index in [0.717, 1.165) is 24.4 Å².